The van der Waals surface area contributed by atoms with Crippen molar-refractivity contribution < 1.29 is 22.3 Å². The molecule has 0 aliphatic heterocycles. The van der Waals surface area contributed by atoms with Crippen LogP contribution in [0.1, 0.15) is 33.4 Å². The number of aryl methyl sites for hydroxylation is 4. The first kappa shape index (κ1) is 25.4. The van der Waals surface area contributed by atoms with E-state index in [1.807, 2.05) is 24.3 Å². The Morgan fingerprint density at radius 3 is 1.97 bits per heavy atom. The van der Waals surface area contributed by atoms with Crippen LogP contribution < -0.4 is 0 Å². The van der Waals surface area contributed by atoms with Gasteiger partial charge in [0, 0.05) is 12.5 Å². The molecule has 0 atom stereocenters. The van der Waals surface area contributed by atoms with Crippen molar-refractivity contribution in [1.29, 1.82) is 5.26 Å². The van der Waals surface area contributed by atoms with Gasteiger partial charge in [-0.3, -0.25) is 0 Å². The first-order valence-electron chi connectivity index (χ1n) is 11.7. The molecule has 0 saturated heterocycles. The molecule has 0 spiro atoms. The highest BCUT2D eigenvalue weighted by Crippen LogP contribution is 2.25. The van der Waals surface area contributed by atoms with Gasteiger partial charge >= 0.3 is 0 Å². The molecule has 2 nitrogen and oxygen atoms in total. The minimum absolute atomic E-state index is 0.232. The van der Waals surface area contributed by atoms with E-state index in [4.69, 9.17) is 10.00 Å². The van der Waals surface area contributed by atoms with Crippen molar-refractivity contribution in [2.45, 2.75) is 32.1 Å². The molecule has 0 fully saturated rings. The quantitative estimate of drug-likeness (QED) is 0.236. The molecule has 0 radical (unpaired) electrons. The number of fused-ring (bicyclic) bond motifs is 1. The number of benzene rings is 4. The molecular formula is C30H25F4NO. The van der Waals surface area contributed by atoms with Gasteiger partial charge in [0.1, 0.15) is 34.9 Å². The number of rotatable bonds is 9. The predicted molar refractivity (Wildman–Crippen MR) is 132 cm³/mol. The second-order valence-electron chi connectivity index (χ2n) is 8.81. The Morgan fingerprint density at radius 1 is 0.667 bits per heavy atom. The van der Waals surface area contributed by atoms with Crippen molar-refractivity contribution in [2.75, 3.05) is 13.7 Å². The van der Waals surface area contributed by atoms with Gasteiger partial charge in [0.2, 0.25) is 0 Å². The Labute approximate surface area is 207 Å². The lowest BCUT2D eigenvalue weighted by molar-refractivity contribution is 0.202. The molecule has 36 heavy (non-hydrogen) atoms. The van der Waals surface area contributed by atoms with E-state index in [1.54, 1.807) is 31.4 Å². The van der Waals surface area contributed by atoms with E-state index in [2.05, 4.69) is 0 Å². The van der Waals surface area contributed by atoms with E-state index in [-0.39, 0.29) is 24.5 Å². The number of methoxy groups -OCH3 is 1. The number of hydrogen-bond acceptors (Lipinski definition) is 2. The molecule has 0 N–H and O–H groups in total. The Balaban J connectivity index is 1.44. The van der Waals surface area contributed by atoms with Gasteiger partial charge in [-0.2, -0.15) is 5.26 Å². The summed E-state index contributed by atoms with van der Waals surface area (Å²) in [5.74, 6) is -2.43. The Morgan fingerprint density at radius 2 is 1.28 bits per heavy atom. The van der Waals surface area contributed by atoms with Crippen LogP contribution in [0.25, 0.3) is 10.8 Å². The molecule has 0 aromatic heterocycles. The van der Waals surface area contributed by atoms with Gasteiger partial charge in [0.05, 0.1) is 6.61 Å². The standard InChI is InChI=1S/C30H25F4NO/c1-36-13-12-20-3-7-22(27(31)15-20)6-2-19-5-11-25-24(14-19)10-9-23(30(25)34)8-4-21-16-28(32)26(18-35)29(33)17-21/h3,5,7,9-11,14-17H,2,4,6,8,12-13H2,1H3. The van der Waals surface area contributed by atoms with Crippen LogP contribution in [0.15, 0.2) is 60.7 Å². The highest BCUT2D eigenvalue weighted by molar-refractivity contribution is 5.84. The summed E-state index contributed by atoms with van der Waals surface area (Å²) in [6.45, 7) is 0.542. The van der Waals surface area contributed by atoms with Crippen molar-refractivity contribution in [3.05, 3.63) is 117 Å². The summed E-state index contributed by atoms with van der Waals surface area (Å²) >= 11 is 0. The molecule has 4 aromatic rings. The van der Waals surface area contributed by atoms with Crippen LogP contribution in [0, 0.1) is 34.6 Å². The predicted octanol–water partition coefficient (Wildman–Crippen LogP) is 7.03. The maximum absolute atomic E-state index is 15.2. The SMILES string of the molecule is COCCc1ccc(CCc2ccc3c(F)c(CCc4cc(F)c(C#N)c(F)c4)ccc3c2)c(F)c1. The average Bonchev–Trinajstić information content (AvgIpc) is 2.86. The van der Waals surface area contributed by atoms with Crippen LogP contribution in [0.3, 0.4) is 0 Å². The minimum Gasteiger partial charge on any atom is -0.384 e. The molecule has 0 amide bonds. The second-order valence-corrected chi connectivity index (χ2v) is 8.81. The van der Waals surface area contributed by atoms with Gasteiger partial charge in [-0.05, 0) is 83.5 Å². The summed E-state index contributed by atoms with van der Waals surface area (Å²) in [5, 5.41) is 9.99. The number of nitrogens with zero attached hydrogens (tertiary/aromatic N) is 1. The Hall–Kier alpha value is -3.69. The lowest BCUT2D eigenvalue weighted by atomic mass is 9.96. The van der Waals surface area contributed by atoms with Gasteiger partial charge in [-0.1, -0.05) is 42.5 Å². The van der Waals surface area contributed by atoms with Gasteiger partial charge in [0.25, 0.3) is 0 Å². The van der Waals surface area contributed by atoms with E-state index >= 15 is 4.39 Å². The highest BCUT2D eigenvalue weighted by atomic mass is 19.1. The second kappa shape index (κ2) is 11.4. The van der Waals surface area contributed by atoms with Gasteiger partial charge < -0.3 is 4.74 Å². The molecule has 0 saturated carbocycles. The van der Waals surface area contributed by atoms with Crippen LogP contribution >= 0.6 is 0 Å². The lowest BCUT2D eigenvalue weighted by Crippen LogP contribution is -2.00. The van der Waals surface area contributed by atoms with Crippen molar-refractivity contribution in [3.63, 3.8) is 0 Å². The summed E-state index contributed by atoms with van der Waals surface area (Å²) in [4.78, 5) is 0. The molecule has 4 rings (SSSR count). The number of ether oxygens (including phenoxy) is 1. The van der Waals surface area contributed by atoms with Gasteiger partial charge in [-0.15, -0.1) is 0 Å². The third-order valence-corrected chi connectivity index (χ3v) is 6.39. The molecule has 0 unspecified atom stereocenters. The zero-order valence-electron chi connectivity index (χ0n) is 19.9. The third-order valence-electron chi connectivity index (χ3n) is 6.39. The molecule has 0 aliphatic rings. The van der Waals surface area contributed by atoms with Crippen LogP contribution in [0.2, 0.25) is 0 Å². The summed E-state index contributed by atoms with van der Waals surface area (Å²) < 4.78 is 62.4. The summed E-state index contributed by atoms with van der Waals surface area (Å²) in [5.41, 5.74) is 2.68. The van der Waals surface area contributed by atoms with E-state index in [9.17, 15) is 13.2 Å². The number of hydrogen-bond donors (Lipinski definition) is 0. The molecule has 0 heterocycles. The normalized spacial score (nSPS) is 11.1. The van der Waals surface area contributed by atoms with Crippen molar-refractivity contribution in [3.8, 4) is 6.07 Å². The maximum atomic E-state index is 15.2. The van der Waals surface area contributed by atoms with E-state index < -0.39 is 17.2 Å². The zero-order chi connectivity index (χ0) is 25.7. The summed E-state index contributed by atoms with van der Waals surface area (Å²) in [6.07, 6.45) is 2.29. The monoisotopic (exact) mass is 491 g/mol. The van der Waals surface area contributed by atoms with Crippen LogP contribution in [-0.2, 0) is 36.8 Å². The molecule has 0 aliphatic carbocycles. The molecule has 4 aromatic carbocycles. The van der Waals surface area contributed by atoms with Gasteiger partial charge in [-0.25, -0.2) is 17.6 Å². The Bertz CT molecular complexity index is 1420. The van der Waals surface area contributed by atoms with Crippen molar-refractivity contribution in [1.82, 2.24) is 0 Å². The van der Waals surface area contributed by atoms with Crippen LogP contribution in [0.5, 0.6) is 0 Å². The van der Waals surface area contributed by atoms with E-state index in [1.165, 1.54) is 6.07 Å². The van der Waals surface area contributed by atoms with Crippen molar-refractivity contribution >= 4 is 10.8 Å². The van der Waals surface area contributed by atoms with Gasteiger partial charge in [0.15, 0.2) is 0 Å². The van der Waals surface area contributed by atoms with E-state index in [0.29, 0.717) is 47.9 Å². The van der Waals surface area contributed by atoms with Crippen LogP contribution in [-0.4, -0.2) is 13.7 Å². The summed E-state index contributed by atoms with van der Waals surface area (Å²) in [7, 11) is 1.61. The number of nitriles is 1. The first-order valence-corrected chi connectivity index (χ1v) is 11.7. The minimum atomic E-state index is -0.916. The van der Waals surface area contributed by atoms with Crippen molar-refractivity contribution in [2.24, 2.45) is 0 Å². The maximum Gasteiger partial charge on any atom is 0.144 e. The molecular weight excluding hydrogens is 466 g/mol. The summed E-state index contributed by atoms with van der Waals surface area (Å²) in [6, 6.07) is 17.9. The fraction of sp³-hybridized carbons (Fsp3) is 0.233. The zero-order valence-corrected chi connectivity index (χ0v) is 19.9. The van der Waals surface area contributed by atoms with Crippen LogP contribution in [0.4, 0.5) is 17.6 Å². The largest absolute Gasteiger partial charge is 0.384 e. The fourth-order valence-corrected chi connectivity index (χ4v) is 4.34. The smallest absolute Gasteiger partial charge is 0.144 e. The first-order chi connectivity index (χ1) is 17.4. The number of halogens is 4. The highest BCUT2D eigenvalue weighted by Gasteiger charge is 2.13. The molecule has 6 heteroatoms. The topological polar surface area (TPSA) is 33.0 Å². The lowest BCUT2D eigenvalue weighted by Gasteiger charge is -2.10. The molecule has 0 bridgehead atoms. The molecule has 184 valence electrons. The fourth-order valence-electron chi connectivity index (χ4n) is 4.34. The average molecular weight is 492 g/mol. The Kier molecular flexibility index (Phi) is 8.02. The van der Waals surface area contributed by atoms with E-state index in [0.717, 1.165) is 28.6 Å². The third kappa shape index (κ3) is 5.75.